The fourth-order valence-corrected chi connectivity index (χ4v) is 1.83. The first-order chi connectivity index (χ1) is 8.74. The van der Waals surface area contributed by atoms with Crippen LogP contribution in [0.5, 0.6) is 0 Å². The van der Waals surface area contributed by atoms with Crippen LogP contribution in [0.1, 0.15) is 0 Å². The van der Waals surface area contributed by atoms with Crippen LogP contribution in [0.4, 0.5) is 0 Å². The summed E-state index contributed by atoms with van der Waals surface area (Å²) in [6.07, 6.45) is 3.22. The van der Waals surface area contributed by atoms with Crippen LogP contribution in [-0.2, 0) is 0 Å². The standard InChI is InChI=1S/C13H7ClN2O2/c14-9-1-2-10-11(7-9)16-12(18-13(10)17)8-3-5-15-6-4-8/h1-7H. The van der Waals surface area contributed by atoms with E-state index in [1.54, 1.807) is 42.7 Å². The second kappa shape index (κ2) is 4.23. The molecule has 0 N–H and O–H groups in total. The zero-order chi connectivity index (χ0) is 12.5. The van der Waals surface area contributed by atoms with Crippen LogP contribution < -0.4 is 5.63 Å². The summed E-state index contributed by atoms with van der Waals surface area (Å²) in [5.41, 5.74) is 0.790. The van der Waals surface area contributed by atoms with Gasteiger partial charge in [0.2, 0.25) is 5.89 Å². The van der Waals surface area contributed by atoms with E-state index >= 15 is 0 Å². The molecular formula is C13H7ClN2O2. The smallest absolute Gasteiger partial charge is 0.347 e. The molecule has 0 amide bonds. The molecule has 0 atom stereocenters. The molecule has 0 bridgehead atoms. The Hall–Kier alpha value is -2.20. The average molecular weight is 259 g/mol. The van der Waals surface area contributed by atoms with E-state index in [2.05, 4.69) is 9.97 Å². The lowest BCUT2D eigenvalue weighted by atomic mass is 10.2. The molecule has 0 spiro atoms. The molecule has 0 aliphatic rings. The summed E-state index contributed by atoms with van der Waals surface area (Å²) in [6.45, 7) is 0. The molecule has 0 saturated heterocycles. The van der Waals surface area contributed by atoms with Gasteiger partial charge in [0.1, 0.15) is 0 Å². The lowest BCUT2D eigenvalue weighted by Crippen LogP contribution is -2.02. The number of aromatic nitrogens is 2. The van der Waals surface area contributed by atoms with Crippen LogP contribution in [-0.4, -0.2) is 9.97 Å². The highest BCUT2D eigenvalue weighted by atomic mass is 35.5. The van der Waals surface area contributed by atoms with E-state index in [0.717, 1.165) is 0 Å². The van der Waals surface area contributed by atoms with Crippen molar-refractivity contribution in [1.29, 1.82) is 0 Å². The predicted molar refractivity (Wildman–Crippen MR) is 68.5 cm³/mol. The number of fused-ring (bicyclic) bond motifs is 1. The Morgan fingerprint density at radius 3 is 2.67 bits per heavy atom. The van der Waals surface area contributed by atoms with Crippen LogP contribution >= 0.6 is 11.6 Å². The summed E-state index contributed by atoms with van der Waals surface area (Å²) in [6, 6.07) is 8.32. The summed E-state index contributed by atoms with van der Waals surface area (Å²) < 4.78 is 5.18. The lowest BCUT2D eigenvalue weighted by molar-refractivity contribution is 0.518. The Morgan fingerprint density at radius 1 is 1.11 bits per heavy atom. The third kappa shape index (κ3) is 1.87. The molecule has 0 unspecified atom stereocenters. The van der Waals surface area contributed by atoms with E-state index in [-0.39, 0.29) is 5.89 Å². The van der Waals surface area contributed by atoms with Gasteiger partial charge in [0.05, 0.1) is 10.9 Å². The van der Waals surface area contributed by atoms with Gasteiger partial charge in [-0.1, -0.05) is 11.6 Å². The molecule has 5 heteroatoms. The van der Waals surface area contributed by atoms with Crippen molar-refractivity contribution >= 4 is 22.5 Å². The lowest BCUT2D eigenvalue weighted by Gasteiger charge is -2.01. The number of hydrogen-bond donors (Lipinski definition) is 0. The number of hydrogen-bond acceptors (Lipinski definition) is 4. The fraction of sp³-hybridized carbons (Fsp3) is 0. The Labute approximate surface area is 107 Å². The van der Waals surface area contributed by atoms with Gasteiger partial charge in [0.25, 0.3) is 0 Å². The van der Waals surface area contributed by atoms with Crippen LogP contribution in [0.25, 0.3) is 22.4 Å². The zero-order valence-electron chi connectivity index (χ0n) is 9.13. The van der Waals surface area contributed by atoms with Gasteiger partial charge in [-0.2, -0.15) is 0 Å². The van der Waals surface area contributed by atoms with Crippen molar-refractivity contribution in [2.45, 2.75) is 0 Å². The van der Waals surface area contributed by atoms with E-state index in [0.29, 0.717) is 21.5 Å². The van der Waals surface area contributed by atoms with E-state index in [1.165, 1.54) is 0 Å². The van der Waals surface area contributed by atoms with Crippen molar-refractivity contribution in [3.63, 3.8) is 0 Å². The monoisotopic (exact) mass is 258 g/mol. The van der Waals surface area contributed by atoms with Crippen LogP contribution in [0.3, 0.4) is 0 Å². The van der Waals surface area contributed by atoms with Crippen LogP contribution in [0, 0.1) is 0 Å². The first-order valence-corrected chi connectivity index (χ1v) is 5.62. The normalized spacial score (nSPS) is 10.7. The molecule has 18 heavy (non-hydrogen) atoms. The third-order valence-electron chi connectivity index (χ3n) is 2.52. The second-order valence-corrected chi connectivity index (χ2v) is 4.14. The molecule has 4 nitrogen and oxygen atoms in total. The molecule has 0 aliphatic heterocycles. The molecule has 2 heterocycles. The van der Waals surface area contributed by atoms with Gasteiger partial charge in [-0.3, -0.25) is 4.98 Å². The van der Waals surface area contributed by atoms with E-state index in [1.807, 2.05) is 0 Å². The van der Waals surface area contributed by atoms with Crippen molar-refractivity contribution in [1.82, 2.24) is 9.97 Å². The maximum Gasteiger partial charge on any atom is 0.347 e. The summed E-state index contributed by atoms with van der Waals surface area (Å²) in [4.78, 5) is 20.0. The zero-order valence-corrected chi connectivity index (χ0v) is 9.89. The van der Waals surface area contributed by atoms with Crippen molar-refractivity contribution in [2.24, 2.45) is 0 Å². The number of pyridine rings is 1. The summed E-state index contributed by atoms with van der Waals surface area (Å²) in [5.74, 6) is 0.261. The molecule has 3 rings (SSSR count). The maximum atomic E-state index is 11.8. The van der Waals surface area contributed by atoms with Crippen LogP contribution in [0.2, 0.25) is 5.02 Å². The van der Waals surface area contributed by atoms with Gasteiger partial charge in [-0.15, -0.1) is 0 Å². The predicted octanol–water partition coefficient (Wildman–Crippen LogP) is 2.90. The number of halogens is 1. The highest BCUT2D eigenvalue weighted by molar-refractivity contribution is 6.31. The summed E-state index contributed by atoms with van der Waals surface area (Å²) in [7, 11) is 0. The Balaban J connectivity index is 2.30. The SMILES string of the molecule is O=c1oc(-c2ccncc2)nc2cc(Cl)ccc12. The topological polar surface area (TPSA) is 56.0 Å². The number of benzene rings is 1. The minimum atomic E-state index is -0.427. The van der Waals surface area contributed by atoms with Gasteiger partial charge in [0.15, 0.2) is 0 Å². The van der Waals surface area contributed by atoms with Crippen molar-refractivity contribution < 1.29 is 4.42 Å². The minimum absolute atomic E-state index is 0.261. The van der Waals surface area contributed by atoms with Crippen molar-refractivity contribution in [3.05, 3.63) is 58.2 Å². The van der Waals surface area contributed by atoms with Gasteiger partial charge in [-0.05, 0) is 30.3 Å². The van der Waals surface area contributed by atoms with Crippen molar-refractivity contribution in [2.75, 3.05) is 0 Å². The van der Waals surface area contributed by atoms with Crippen molar-refractivity contribution in [3.8, 4) is 11.5 Å². The first-order valence-electron chi connectivity index (χ1n) is 5.25. The van der Waals surface area contributed by atoms with E-state index in [9.17, 15) is 4.79 Å². The van der Waals surface area contributed by atoms with Gasteiger partial charge in [-0.25, -0.2) is 9.78 Å². The summed E-state index contributed by atoms with van der Waals surface area (Å²) >= 11 is 5.89. The quantitative estimate of drug-likeness (QED) is 0.673. The van der Waals surface area contributed by atoms with Gasteiger partial charge in [0, 0.05) is 23.0 Å². The number of nitrogens with zero attached hydrogens (tertiary/aromatic N) is 2. The Morgan fingerprint density at radius 2 is 1.89 bits per heavy atom. The molecule has 1 aromatic carbocycles. The molecule has 3 aromatic rings. The highest BCUT2D eigenvalue weighted by Crippen LogP contribution is 2.19. The highest BCUT2D eigenvalue weighted by Gasteiger charge is 2.08. The van der Waals surface area contributed by atoms with E-state index in [4.69, 9.17) is 16.0 Å². The molecule has 88 valence electrons. The Bertz CT molecular complexity index is 769. The largest absolute Gasteiger partial charge is 0.403 e. The van der Waals surface area contributed by atoms with Gasteiger partial charge < -0.3 is 4.42 Å². The second-order valence-electron chi connectivity index (χ2n) is 3.70. The van der Waals surface area contributed by atoms with Gasteiger partial charge >= 0.3 is 5.63 Å². The maximum absolute atomic E-state index is 11.8. The average Bonchev–Trinajstić information content (AvgIpc) is 2.39. The third-order valence-corrected chi connectivity index (χ3v) is 2.75. The summed E-state index contributed by atoms with van der Waals surface area (Å²) in [5, 5.41) is 0.943. The molecule has 0 aliphatic carbocycles. The molecule has 2 aromatic heterocycles. The molecular weight excluding hydrogens is 252 g/mol. The fourth-order valence-electron chi connectivity index (χ4n) is 1.66. The Kier molecular flexibility index (Phi) is 2.57. The number of rotatable bonds is 1. The molecule has 0 fully saturated rings. The minimum Gasteiger partial charge on any atom is -0.403 e. The molecule has 0 saturated carbocycles. The van der Waals surface area contributed by atoms with E-state index < -0.39 is 5.63 Å². The molecule has 0 radical (unpaired) electrons. The van der Waals surface area contributed by atoms with Crippen LogP contribution in [0.15, 0.2) is 51.9 Å². The first kappa shape index (κ1) is 10.9.